The fraction of sp³-hybridized carbons (Fsp3) is 0.190. The number of alkyl halides is 6. The molecule has 3 nitrogen and oxygen atoms in total. The standard InChI is InChI=1S/C19H18F3N3S2.C2H3F3/c1-3-4-17(26)18(24)15-10-13(5-6-16(15)23)25-27-14-8-11(2)7-12(9-14)19(20,21)22;1-2(3,4)5/h3-10,24-26H,1,23H2,2H3;1H3/b17-4-,24-18?;. The Labute approximate surface area is 191 Å². The fourth-order valence-electron chi connectivity index (χ4n) is 2.26. The van der Waals surface area contributed by atoms with Crippen LogP contribution in [0.25, 0.3) is 0 Å². The van der Waals surface area contributed by atoms with Crippen LogP contribution in [0.3, 0.4) is 0 Å². The molecule has 0 fully saturated rings. The second-order valence-electron chi connectivity index (χ2n) is 6.48. The smallest absolute Gasteiger partial charge is 0.398 e. The second kappa shape index (κ2) is 11.4. The van der Waals surface area contributed by atoms with Gasteiger partial charge in [-0.05, 0) is 66.9 Å². The van der Waals surface area contributed by atoms with E-state index in [-0.39, 0.29) is 12.6 Å². The van der Waals surface area contributed by atoms with Crippen molar-refractivity contribution < 1.29 is 26.3 Å². The molecule has 174 valence electrons. The van der Waals surface area contributed by atoms with Crippen LogP contribution >= 0.6 is 24.6 Å². The highest BCUT2D eigenvalue weighted by atomic mass is 32.2. The maximum absolute atomic E-state index is 12.9. The number of benzene rings is 2. The third kappa shape index (κ3) is 9.73. The van der Waals surface area contributed by atoms with E-state index in [9.17, 15) is 26.3 Å². The molecule has 0 bridgehead atoms. The number of anilines is 2. The van der Waals surface area contributed by atoms with Gasteiger partial charge in [0.05, 0.1) is 11.3 Å². The van der Waals surface area contributed by atoms with Gasteiger partial charge >= 0.3 is 12.4 Å². The first-order chi connectivity index (χ1) is 14.6. The first-order valence-electron chi connectivity index (χ1n) is 8.80. The van der Waals surface area contributed by atoms with Gasteiger partial charge in [0.2, 0.25) is 0 Å². The maximum Gasteiger partial charge on any atom is 0.416 e. The average Bonchev–Trinajstić information content (AvgIpc) is 2.64. The zero-order chi connectivity index (χ0) is 24.7. The quantitative estimate of drug-likeness (QED) is 0.0835. The molecule has 0 aliphatic carbocycles. The number of halogens is 6. The van der Waals surface area contributed by atoms with Gasteiger partial charge in [0.1, 0.15) is 0 Å². The van der Waals surface area contributed by atoms with Crippen molar-refractivity contribution in [3.8, 4) is 0 Å². The highest BCUT2D eigenvalue weighted by Gasteiger charge is 2.31. The molecule has 2 aromatic carbocycles. The lowest BCUT2D eigenvalue weighted by Crippen LogP contribution is -2.06. The van der Waals surface area contributed by atoms with E-state index >= 15 is 0 Å². The summed E-state index contributed by atoms with van der Waals surface area (Å²) in [6.07, 6.45) is -5.31. The Morgan fingerprint density at radius 1 is 1.12 bits per heavy atom. The maximum atomic E-state index is 12.9. The third-order valence-electron chi connectivity index (χ3n) is 3.52. The van der Waals surface area contributed by atoms with Crippen LogP contribution < -0.4 is 10.5 Å². The van der Waals surface area contributed by atoms with Crippen LogP contribution in [0.1, 0.15) is 23.6 Å². The van der Waals surface area contributed by atoms with Gasteiger partial charge in [-0.1, -0.05) is 12.7 Å². The van der Waals surface area contributed by atoms with E-state index in [2.05, 4.69) is 23.9 Å². The van der Waals surface area contributed by atoms with Crippen molar-refractivity contribution >= 4 is 41.7 Å². The number of aryl methyl sites for hydroxylation is 1. The predicted molar refractivity (Wildman–Crippen MR) is 122 cm³/mol. The van der Waals surface area contributed by atoms with E-state index in [1.54, 1.807) is 37.3 Å². The van der Waals surface area contributed by atoms with Crippen LogP contribution in [0.5, 0.6) is 0 Å². The van der Waals surface area contributed by atoms with E-state index in [1.165, 1.54) is 6.08 Å². The topological polar surface area (TPSA) is 61.9 Å². The van der Waals surface area contributed by atoms with Crippen molar-refractivity contribution in [2.75, 3.05) is 10.5 Å². The Kier molecular flexibility index (Phi) is 9.77. The van der Waals surface area contributed by atoms with E-state index < -0.39 is 17.9 Å². The first-order valence-corrected chi connectivity index (χ1v) is 10.1. The van der Waals surface area contributed by atoms with Gasteiger partial charge < -0.3 is 10.5 Å². The molecule has 0 saturated carbocycles. The number of nitrogens with two attached hydrogens (primary N) is 1. The molecule has 0 unspecified atom stereocenters. The summed E-state index contributed by atoms with van der Waals surface area (Å²) in [6.45, 7) is 5.36. The number of nitrogens with one attached hydrogen (secondary N) is 2. The molecule has 0 aliphatic rings. The minimum Gasteiger partial charge on any atom is -0.398 e. The largest absolute Gasteiger partial charge is 0.416 e. The summed E-state index contributed by atoms with van der Waals surface area (Å²) in [5.41, 5.74) is 7.34. The molecule has 0 aliphatic heterocycles. The summed E-state index contributed by atoms with van der Waals surface area (Å²) in [5, 5.41) is 8.17. The molecule has 0 amide bonds. The number of thiol groups is 1. The van der Waals surface area contributed by atoms with Gasteiger partial charge in [0.25, 0.3) is 0 Å². The molecule has 0 saturated heterocycles. The molecule has 0 heterocycles. The van der Waals surface area contributed by atoms with Gasteiger partial charge in [-0.15, -0.1) is 12.6 Å². The van der Waals surface area contributed by atoms with Gasteiger partial charge in [0, 0.05) is 33.7 Å². The lowest BCUT2D eigenvalue weighted by molar-refractivity contribution is -0.137. The van der Waals surface area contributed by atoms with E-state index in [0.29, 0.717) is 32.3 Å². The highest BCUT2D eigenvalue weighted by Crippen LogP contribution is 2.33. The monoisotopic (exact) mass is 493 g/mol. The van der Waals surface area contributed by atoms with Gasteiger partial charge in [0.15, 0.2) is 0 Å². The van der Waals surface area contributed by atoms with Crippen LogP contribution in [0.4, 0.5) is 37.7 Å². The van der Waals surface area contributed by atoms with E-state index in [0.717, 1.165) is 24.1 Å². The molecule has 0 aromatic heterocycles. The van der Waals surface area contributed by atoms with E-state index in [4.69, 9.17) is 11.1 Å². The summed E-state index contributed by atoms with van der Waals surface area (Å²) in [4.78, 5) is 0.826. The van der Waals surface area contributed by atoms with Crippen molar-refractivity contribution in [2.24, 2.45) is 0 Å². The van der Waals surface area contributed by atoms with Crippen LogP contribution in [-0.2, 0) is 6.18 Å². The van der Waals surface area contributed by atoms with Crippen LogP contribution in [-0.4, -0.2) is 11.9 Å². The Balaban J connectivity index is 0.000000920. The second-order valence-corrected chi connectivity index (χ2v) is 7.84. The molecule has 0 radical (unpaired) electrons. The fourth-order valence-corrected chi connectivity index (χ4v) is 3.28. The minimum absolute atomic E-state index is 0.124. The highest BCUT2D eigenvalue weighted by molar-refractivity contribution is 8.00. The zero-order valence-corrected chi connectivity index (χ0v) is 18.7. The minimum atomic E-state index is -4.40. The van der Waals surface area contributed by atoms with Crippen LogP contribution in [0.15, 0.2) is 64.9 Å². The van der Waals surface area contributed by atoms with Crippen LogP contribution in [0, 0.1) is 12.3 Å². The number of hydrogen-bond donors (Lipinski definition) is 4. The van der Waals surface area contributed by atoms with Crippen molar-refractivity contribution in [1.82, 2.24) is 0 Å². The third-order valence-corrected chi connectivity index (χ3v) is 4.70. The Bertz CT molecular complexity index is 992. The molecule has 4 N–H and O–H groups in total. The first kappa shape index (κ1) is 27.5. The molecule has 32 heavy (non-hydrogen) atoms. The number of nitrogen functional groups attached to an aromatic ring is 1. The van der Waals surface area contributed by atoms with Gasteiger partial charge in [-0.2, -0.15) is 26.3 Å². The van der Waals surface area contributed by atoms with Crippen molar-refractivity contribution in [3.05, 3.63) is 76.7 Å². The molecule has 11 heteroatoms. The Morgan fingerprint density at radius 2 is 1.72 bits per heavy atom. The average molecular weight is 494 g/mol. The molecule has 2 aromatic rings. The van der Waals surface area contributed by atoms with Crippen molar-refractivity contribution in [3.63, 3.8) is 0 Å². The number of allylic oxidation sites excluding steroid dienone is 3. The summed E-state index contributed by atoms with van der Waals surface area (Å²) in [6, 6.07) is 8.81. The summed E-state index contributed by atoms with van der Waals surface area (Å²) < 4.78 is 72.9. The molecule has 0 atom stereocenters. The lowest BCUT2D eigenvalue weighted by Gasteiger charge is -2.13. The lowest BCUT2D eigenvalue weighted by atomic mass is 10.1. The SMILES string of the molecule is C=C/C=C(\S)C(=N)c1cc(NSc2cc(C)cc(C(F)(F)F)c2)ccc1N.CC(F)(F)F. The zero-order valence-electron chi connectivity index (χ0n) is 17.0. The predicted octanol–water partition coefficient (Wildman–Crippen LogP) is 7.65. The number of rotatable bonds is 6. The summed E-state index contributed by atoms with van der Waals surface area (Å²) in [5.74, 6) is 0. The molecular weight excluding hydrogens is 472 g/mol. The summed E-state index contributed by atoms with van der Waals surface area (Å²) in [7, 11) is 0. The molecule has 0 spiro atoms. The van der Waals surface area contributed by atoms with Crippen molar-refractivity contribution in [2.45, 2.75) is 31.1 Å². The Morgan fingerprint density at radius 3 is 2.25 bits per heavy atom. The molecule has 2 rings (SSSR count). The summed E-state index contributed by atoms with van der Waals surface area (Å²) >= 11 is 5.29. The number of hydrogen-bond acceptors (Lipinski definition) is 5. The van der Waals surface area contributed by atoms with Gasteiger partial charge in [-0.3, -0.25) is 5.41 Å². The van der Waals surface area contributed by atoms with E-state index in [1.807, 2.05) is 0 Å². The van der Waals surface area contributed by atoms with Crippen molar-refractivity contribution in [1.29, 1.82) is 5.41 Å². The Hall–Kier alpha value is -2.53. The normalized spacial score (nSPS) is 12.0. The van der Waals surface area contributed by atoms with Crippen LogP contribution in [0.2, 0.25) is 0 Å². The van der Waals surface area contributed by atoms with Gasteiger partial charge in [-0.25, -0.2) is 0 Å². The molecular formula is C21H21F6N3S2.